The molecule has 0 amide bonds. The summed E-state index contributed by atoms with van der Waals surface area (Å²) in [6, 6.07) is 1.52. The number of rotatable bonds is 3. The van der Waals surface area contributed by atoms with Crippen molar-refractivity contribution >= 4 is 6.09 Å². The highest BCUT2D eigenvalue weighted by Crippen LogP contribution is 2.11. The van der Waals surface area contributed by atoms with E-state index in [4.69, 9.17) is 4.74 Å². The first-order valence-corrected chi connectivity index (χ1v) is 5.08. The van der Waals surface area contributed by atoms with E-state index in [9.17, 15) is 13.6 Å². The fourth-order valence-corrected chi connectivity index (χ4v) is 1.11. The lowest BCUT2D eigenvalue weighted by Crippen LogP contribution is -2.26. The maximum Gasteiger partial charge on any atom is 0.418 e. The number of hydrogen-bond acceptors (Lipinski definition) is 3. The topological polar surface area (TPSA) is 40.5 Å². The predicted molar refractivity (Wildman–Crippen MR) is 56.9 cm³/mol. The molecule has 0 unspecified atom stereocenters. The van der Waals surface area contributed by atoms with Crippen LogP contribution in [-0.2, 0) is 16.1 Å². The molecular formula is C11H15F2NO3. The zero-order valence-corrected chi connectivity index (χ0v) is 9.94. The average Bonchev–Trinajstić information content (AvgIpc) is 2.60. The summed E-state index contributed by atoms with van der Waals surface area (Å²) in [6.45, 7) is 2.17. The molecule has 17 heavy (non-hydrogen) atoms. The van der Waals surface area contributed by atoms with Gasteiger partial charge in [-0.1, -0.05) is 0 Å². The third-order valence-electron chi connectivity index (χ3n) is 1.73. The van der Waals surface area contributed by atoms with Crippen molar-refractivity contribution < 1.29 is 23.0 Å². The molecule has 0 saturated carbocycles. The lowest BCUT2D eigenvalue weighted by Gasteiger charge is -2.19. The van der Waals surface area contributed by atoms with E-state index in [-0.39, 0.29) is 6.61 Å². The number of aromatic nitrogens is 1. The Morgan fingerprint density at radius 1 is 1.47 bits per heavy atom. The van der Waals surface area contributed by atoms with Crippen LogP contribution in [0.15, 0.2) is 18.5 Å². The normalized spacial score (nSPS) is 11.9. The Kier molecular flexibility index (Phi) is 4.22. The molecule has 0 aliphatic carbocycles. The molecule has 0 radical (unpaired) electrons. The minimum absolute atomic E-state index is 0.243. The smallest absolute Gasteiger partial charge is 0.418 e. The van der Waals surface area contributed by atoms with Crippen molar-refractivity contribution in [3.63, 3.8) is 0 Å². The Balaban J connectivity index is 2.58. The number of carbonyl (C=O) groups is 1. The highest BCUT2D eigenvalue weighted by Gasteiger charge is 2.17. The Labute approximate surface area is 98.1 Å². The standard InChI is InChI=1S/C11H15F2NO3/c1-11(2,3)17-10(15)14-5-4-8(6-14)7-16-9(12)13/h4-6,9H,7H2,1-3H3. The summed E-state index contributed by atoms with van der Waals surface area (Å²) in [7, 11) is 0. The average molecular weight is 247 g/mol. The maximum atomic E-state index is 11.8. The number of ether oxygens (including phenoxy) is 2. The van der Waals surface area contributed by atoms with Gasteiger partial charge in [0.1, 0.15) is 5.60 Å². The van der Waals surface area contributed by atoms with Crippen molar-refractivity contribution in [3.8, 4) is 0 Å². The van der Waals surface area contributed by atoms with Gasteiger partial charge in [0, 0.05) is 12.4 Å². The van der Waals surface area contributed by atoms with Crippen molar-refractivity contribution in [3.05, 3.63) is 24.0 Å². The fraction of sp³-hybridized carbons (Fsp3) is 0.545. The summed E-state index contributed by atoms with van der Waals surface area (Å²) in [5.41, 5.74) is -0.114. The summed E-state index contributed by atoms with van der Waals surface area (Å²) < 4.78 is 34.0. The van der Waals surface area contributed by atoms with Crippen LogP contribution in [0, 0.1) is 0 Å². The molecule has 0 spiro atoms. The van der Waals surface area contributed by atoms with Crippen LogP contribution in [0.3, 0.4) is 0 Å². The molecule has 0 atom stereocenters. The largest absolute Gasteiger partial charge is 0.443 e. The van der Waals surface area contributed by atoms with Crippen LogP contribution < -0.4 is 0 Å². The van der Waals surface area contributed by atoms with E-state index >= 15 is 0 Å². The summed E-state index contributed by atoms with van der Waals surface area (Å²) in [5, 5.41) is 0. The molecule has 1 rings (SSSR count). The molecule has 0 N–H and O–H groups in total. The number of hydrogen-bond donors (Lipinski definition) is 0. The van der Waals surface area contributed by atoms with Gasteiger partial charge >= 0.3 is 12.7 Å². The van der Waals surface area contributed by atoms with Crippen molar-refractivity contribution in [1.82, 2.24) is 4.57 Å². The van der Waals surface area contributed by atoms with Crippen LogP contribution in [0.4, 0.5) is 13.6 Å². The van der Waals surface area contributed by atoms with E-state index < -0.39 is 18.3 Å². The zero-order chi connectivity index (χ0) is 13.1. The second-order valence-electron chi connectivity index (χ2n) is 4.48. The Hall–Kier alpha value is -1.43. The molecule has 1 aromatic heterocycles. The molecule has 1 heterocycles. The van der Waals surface area contributed by atoms with Crippen LogP contribution in [0.2, 0.25) is 0 Å². The van der Waals surface area contributed by atoms with Crippen LogP contribution in [0.5, 0.6) is 0 Å². The van der Waals surface area contributed by atoms with Crippen molar-refractivity contribution in [2.75, 3.05) is 0 Å². The van der Waals surface area contributed by atoms with E-state index in [0.29, 0.717) is 5.56 Å². The Morgan fingerprint density at radius 2 is 2.12 bits per heavy atom. The van der Waals surface area contributed by atoms with Crippen molar-refractivity contribution in [2.45, 2.75) is 39.6 Å². The Morgan fingerprint density at radius 3 is 2.65 bits per heavy atom. The van der Waals surface area contributed by atoms with E-state index in [2.05, 4.69) is 4.74 Å². The number of alkyl halides is 2. The van der Waals surface area contributed by atoms with Gasteiger partial charge in [-0.15, -0.1) is 0 Å². The lowest BCUT2D eigenvalue weighted by atomic mass is 10.2. The minimum atomic E-state index is -2.82. The van der Waals surface area contributed by atoms with Gasteiger partial charge in [-0.25, -0.2) is 4.79 Å². The third-order valence-corrected chi connectivity index (χ3v) is 1.73. The Bertz CT molecular complexity index is 382. The molecular weight excluding hydrogens is 232 g/mol. The highest BCUT2D eigenvalue weighted by atomic mass is 19.3. The van der Waals surface area contributed by atoms with Gasteiger partial charge in [-0.3, -0.25) is 4.57 Å². The van der Waals surface area contributed by atoms with Crippen LogP contribution in [0.1, 0.15) is 26.3 Å². The van der Waals surface area contributed by atoms with Crippen LogP contribution in [0.25, 0.3) is 0 Å². The van der Waals surface area contributed by atoms with E-state index in [1.54, 1.807) is 20.8 Å². The molecule has 0 fully saturated rings. The third kappa shape index (κ3) is 4.95. The van der Waals surface area contributed by atoms with E-state index in [1.165, 1.54) is 23.0 Å². The predicted octanol–water partition coefficient (Wildman–Crippen LogP) is 3.01. The van der Waals surface area contributed by atoms with Crippen molar-refractivity contribution in [2.24, 2.45) is 0 Å². The van der Waals surface area contributed by atoms with Crippen molar-refractivity contribution in [1.29, 1.82) is 0 Å². The molecule has 6 heteroatoms. The lowest BCUT2D eigenvalue weighted by molar-refractivity contribution is -0.137. The van der Waals surface area contributed by atoms with E-state index in [1.807, 2.05) is 0 Å². The molecule has 0 aromatic carbocycles. The monoisotopic (exact) mass is 247 g/mol. The second kappa shape index (κ2) is 5.27. The first-order chi connectivity index (χ1) is 7.78. The first kappa shape index (κ1) is 13.6. The molecule has 4 nitrogen and oxygen atoms in total. The SMILES string of the molecule is CC(C)(C)OC(=O)n1ccc(COC(F)F)c1. The first-order valence-electron chi connectivity index (χ1n) is 5.08. The summed E-state index contributed by atoms with van der Waals surface area (Å²) >= 11 is 0. The second-order valence-corrected chi connectivity index (χ2v) is 4.48. The molecule has 0 aliphatic heterocycles. The van der Waals surface area contributed by atoms with E-state index in [0.717, 1.165) is 0 Å². The summed E-state index contributed by atoms with van der Waals surface area (Å²) in [4.78, 5) is 11.6. The molecule has 0 bridgehead atoms. The van der Waals surface area contributed by atoms with Gasteiger partial charge in [-0.2, -0.15) is 8.78 Å². The maximum absolute atomic E-state index is 11.8. The van der Waals surface area contributed by atoms with Crippen LogP contribution >= 0.6 is 0 Å². The van der Waals surface area contributed by atoms with Gasteiger partial charge in [0.15, 0.2) is 0 Å². The minimum Gasteiger partial charge on any atom is -0.443 e. The number of carbonyl (C=O) groups excluding carboxylic acids is 1. The molecule has 96 valence electrons. The van der Waals surface area contributed by atoms with Gasteiger partial charge in [0.2, 0.25) is 0 Å². The molecule has 1 aromatic rings. The molecule has 0 aliphatic rings. The number of nitrogens with zero attached hydrogens (tertiary/aromatic N) is 1. The van der Waals surface area contributed by atoms with Gasteiger partial charge in [-0.05, 0) is 32.4 Å². The summed E-state index contributed by atoms with van der Waals surface area (Å²) in [5.74, 6) is 0. The van der Waals surface area contributed by atoms with Gasteiger partial charge in [0.05, 0.1) is 6.61 Å². The quantitative estimate of drug-likeness (QED) is 0.824. The molecule has 0 saturated heterocycles. The van der Waals surface area contributed by atoms with Gasteiger partial charge < -0.3 is 9.47 Å². The highest BCUT2D eigenvalue weighted by molar-refractivity contribution is 5.71. The van der Waals surface area contributed by atoms with Gasteiger partial charge in [0.25, 0.3) is 0 Å². The van der Waals surface area contributed by atoms with Crippen LogP contribution in [-0.4, -0.2) is 22.9 Å². The fourth-order valence-electron chi connectivity index (χ4n) is 1.11. The zero-order valence-electron chi connectivity index (χ0n) is 9.94. The summed E-state index contributed by atoms with van der Waals surface area (Å²) in [6.07, 6.45) is 2.29. The number of halogens is 2.